The van der Waals surface area contributed by atoms with E-state index in [0.717, 1.165) is 32.2 Å². The minimum atomic E-state index is -0.102. The molecule has 1 spiro atoms. The summed E-state index contributed by atoms with van der Waals surface area (Å²) >= 11 is 0. The van der Waals surface area contributed by atoms with Crippen LogP contribution in [0.4, 0.5) is 0 Å². The third kappa shape index (κ3) is 2.27. The lowest BCUT2D eigenvalue weighted by molar-refractivity contribution is -0.111. The van der Waals surface area contributed by atoms with Gasteiger partial charge in [-0.15, -0.1) is 0 Å². The van der Waals surface area contributed by atoms with E-state index in [9.17, 15) is 4.79 Å². The molecule has 2 atom stereocenters. The first-order chi connectivity index (χ1) is 6.35. The summed E-state index contributed by atoms with van der Waals surface area (Å²) in [6, 6.07) is -0.102. The zero-order valence-corrected chi connectivity index (χ0v) is 8.30. The smallest absolute Gasteiger partial charge is 0.139 e. The van der Waals surface area contributed by atoms with Crippen molar-refractivity contribution >= 4 is 6.29 Å². The Balaban J connectivity index is 0.000000396. The number of nitrogens with one attached hydrogen (secondary N) is 2. The van der Waals surface area contributed by atoms with Crippen molar-refractivity contribution in [3.8, 4) is 0 Å². The number of carbonyl (C=O) groups is 1. The second-order valence-electron chi connectivity index (χ2n) is 3.28. The number of hydrogen-bond acceptors (Lipinski definition) is 4. The molecule has 0 aromatic heterocycles. The molecule has 2 saturated heterocycles. The molecule has 2 N–H and O–H groups in total. The highest BCUT2D eigenvalue weighted by atomic mass is 16.7. The van der Waals surface area contributed by atoms with Crippen molar-refractivity contribution in [3.05, 3.63) is 0 Å². The van der Waals surface area contributed by atoms with E-state index in [1.165, 1.54) is 0 Å². The van der Waals surface area contributed by atoms with E-state index in [-0.39, 0.29) is 11.6 Å². The molecule has 0 aliphatic carbocycles. The Morgan fingerprint density at radius 3 is 2.77 bits per heavy atom. The standard InChI is InChI=1S/C7H12N2O2.C2H6/c10-4-6-3-7(11-9-6)1-2-8-5-7;1-2/h4,6,8-9H,1-3,5H2;1-2H3. The van der Waals surface area contributed by atoms with Crippen molar-refractivity contribution in [2.24, 2.45) is 0 Å². The van der Waals surface area contributed by atoms with Crippen molar-refractivity contribution in [1.82, 2.24) is 10.8 Å². The van der Waals surface area contributed by atoms with Gasteiger partial charge >= 0.3 is 0 Å². The van der Waals surface area contributed by atoms with Crippen molar-refractivity contribution in [2.75, 3.05) is 13.1 Å². The number of hydrogen-bond donors (Lipinski definition) is 2. The summed E-state index contributed by atoms with van der Waals surface area (Å²) in [5.74, 6) is 0. The molecule has 2 unspecified atom stereocenters. The lowest BCUT2D eigenvalue weighted by atomic mass is 9.96. The Bertz CT molecular complexity index is 167. The summed E-state index contributed by atoms with van der Waals surface area (Å²) in [4.78, 5) is 15.7. The van der Waals surface area contributed by atoms with Crippen molar-refractivity contribution in [3.63, 3.8) is 0 Å². The van der Waals surface area contributed by atoms with Crippen LogP contribution in [-0.2, 0) is 9.63 Å². The van der Waals surface area contributed by atoms with Crippen LogP contribution in [0.3, 0.4) is 0 Å². The van der Waals surface area contributed by atoms with Crippen molar-refractivity contribution in [1.29, 1.82) is 0 Å². The van der Waals surface area contributed by atoms with E-state index in [1.54, 1.807) is 0 Å². The number of rotatable bonds is 1. The van der Waals surface area contributed by atoms with Crippen molar-refractivity contribution in [2.45, 2.75) is 38.3 Å². The average Bonchev–Trinajstić information content (AvgIpc) is 2.81. The highest BCUT2D eigenvalue weighted by molar-refractivity contribution is 5.58. The summed E-state index contributed by atoms with van der Waals surface area (Å²) in [7, 11) is 0. The lowest BCUT2D eigenvalue weighted by Crippen LogP contribution is -2.31. The van der Waals surface area contributed by atoms with Crippen LogP contribution < -0.4 is 10.8 Å². The Morgan fingerprint density at radius 2 is 2.31 bits per heavy atom. The van der Waals surface area contributed by atoms with Gasteiger partial charge in [0.25, 0.3) is 0 Å². The molecule has 0 aromatic carbocycles. The Morgan fingerprint density at radius 1 is 1.54 bits per heavy atom. The predicted molar refractivity (Wildman–Crippen MR) is 50.3 cm³/mol. The first kappa shape index (κ1) is 10.6. The van der Waals surface area contributed by atoms with E-state index in [1.807, 2.05) is 13.8 Å². The van der Waals surface area contributed by atoms with E-state index >= 15 is 0 Å². The van der Waals surface area contributed by atoms with Gasteiger partial charge < -0.3 is 10.1 Å². The van der Waals surface area contributed by atoms with Gasteiger partial charge in [-0.3, -0.25) is 4.84 Å². The summed E-state index contributed by atoms with van der Waals surface area (Å²) < 4.78 is 0. The molecule has 2 aliphatic heterocycles. The molecule has 13 heavy (non-hydrogen) atoms. The topological polar surface area (TPSA) is 50.4 Å². The van der Waals surface area contributed by atoms with Gasteiger partial charge in [0, 0.05) is 13.0 Å². The minimum absolute atomic E-state index is 0.0917. The molecule has 4 heteroatoms. The molecule has 0 amide bonds. The Labute approximate surface area is 79.0 Å². The van der Waals surface area contributed by atoms with E-state index in [0.29, 0.717) is 0 Å². The van der Waals surface area contributed by atoms with Crippen LogP contribution in [0, 0.1) is 0 Å². The molecule has 0 saturated carbocycles. The van der Waals surface area contributed by atoms with Crippen molar-refractivity contribution < 1.29 is 9.63 Å². The third-order valence-corrected chi connectivity index (χ3v) is 2.39. The van der Waals surface area contributed by atoms with Gasteiger partial charge in [0.15, 0.2) is 0 Å². The molecule has 2 aliphatic rings. The highest BCUT2D eigenvalue weighted by Gasteiger charge is 2.42. The predicted octanol–water partition coefficient (Wildman–Crippen LogP) is 0.237. The maximum absolute atomic E-state index is 10.4. The number of carbonyl (C=O) groups excluding carboxylic acids is 1. The summed E-state index contributed by atoms with van der Waals surface area (Å²) in [6.45, 7) is 5.86. The first-order valence-electron chi connectivity index (χ1n) is 4.94. The lowest BCUT2D eigenvalue weighted by Gasteiger charge is -2.17. The molecule has 2 heterocycles. The highest BCUT2D eigenvalue weighted by Crippen LogP contribution is 2.28. The fraction of sp³-hybridized carbons (Fsp3) is 0.889. The van der Waals surface area contributed by atoms with Crippen LogP contribution in [0.25, 0.3) is 0 Å². The van der Waals surface area contributed by atoms with Gasteiger partial charge in [-0.05, 0) is 13.0 Å². The monoisotopic (exact) mass is 186 g/mol. The van der Waals surface area contributed by atoms with Gasteiger partial charge in [0.1, 0.15) is 11.9 Å². The molecule has 2 rings (SSSR count). The van der Waals surface area contributed by atoms with Gasteiger partial charge in [-0.2, -0.15) is 5.48 Å². The maximum atomic E-state index is 10.4. The maximum Gasteiger partial charge on any atom is 0.139 e. The van der Waals surface area contributed by atoms with Crippen LogP contribution in [0.2, 0.25) is 0 Å². The van der Waals surface area contributed by atoms with Crippen LogP contribution >= 0.6 is 0 Å². The van der Waals surface area contributed by atoms with Crippen LogP contribution in [0.15, 0.2) is 0 Å². The van der Waals surface area contributed by atoms with Crippen LogP contribution in [-0.4, -0.2) is 31.0 Å². The summed E-state index contributed by atoms with van der Waals surface area (Å²) in [5.41, 5.74) is 2.64. The molecule has 0 aromatic rings. The number of hydroxylamine groups is 1. The quantitative estimate of drug-likeness (QED) is 0.576. The van der Waals surface area contributed by atoms with Gasteiger partial charge in [0.05, 0.1) is 6.04 Å². The third-order valence-electron chi connectivity index (χ3n) is 2.39. The molecule has 2 fully saturated rings. The summed E-state index contributed by atoms with van der Waals surface area (Å²) in [5, 5.41) is 3.22. The fourth-order valence-electron chi connectivity index (χ4n) is 1.74. The zero-order chi connectivity index (χ0) is 9.73. The second kappa shape index (κ2) is 4.69. The second-order valence-corrected chi connectivity index (χ2v) is 3.28. The van der Waals surface area contributed by atoms with Gasteiger partial charge in [0.2, 0.25) is 0 Å². The molecule has 0 radical (unpaired) electrons. The zero-order valence-electron chi connectivity index (χ0n) is 8.30. The molecule has 4 nitrogen and oxygen atoms in total. The molecular formula is C9H18N2O2. The van der Waals surface area contributed by atoms with E-state index < -0.39 is 0 Å². The Hall–Kier alpha value is -0.450. The molecular weight excluding hydrogens is 168 g/mol. The first-order valence-corrected chi connectivity index (χ1v) is 4.94. The summed E-state index contributed by atoms with van der Waals surface area (Å²) in [6.07, 6.45) is 2.72. The van der Waals surface area contributed by atoms with E-state index in [2.05, 4.69) is 10.8 Å². The van der Waals surface area contributed by atoms with Crippen LogP contribution in [0.5, 0.6) is 0 Å². The molecule has 76 valence electrons. The van der Waals surface area contributed by atoms with Gasteiger partial charge in [-0.1, -0.05) is 13.8 Å². The molecule has 0 bridgehead atoms. The Kier molecular flexibility index (Phi) is 3.84. The van der Waals surface area contributed by atoms with Crippen LogP contribution in [0.1, 0.15) is 26.7 Å². The largest absolute Gasteiger partial charge is 0.314 e. The SMILES string of the molecule is CC.O=CC1CC2(CCNC2)ON1. The minimum Gasteiger partial charge on any atom is -0.314 e. The number of aldehydes is 1. The normalized spacial score (nSPS) is 37.2. The fourth-order valence-corrected chi connectivity index (χ4v) is 1.74. The van der Waals surface area contributed by atoms with Gasteiger partial charge in [-0.25, -0.2) is 0 Å². The van der Waals surface area contributed by atoms with E-state index in [4.69, 9.17) is 4.84 Å². The average molecular weight is 186 g/mol.